The monoisotopic (exact) mass is 291 g/mol. The maximum Gasteiger partial charge on any atom is 0.232 e. The van der Waals surface area contributed by atoms with Gasteiger partial charge in [-0.2, -0.15) is 4.98 Å². The lowest BCUT2D eigenvalue weighted by molar-refractivity contribution is -0.117. The first kappa shape index (κ1) is 13.1. The average Bonchev–Trinajstić information content (AvgIpc) is 3.06. The molecule has 1 aromatic carbocycles. The Bertz CT molecular complexity index is 624. The van der Waals surface area contributed by atoms with Crippen LogP contribution >= 0.6 is 11.6 Å². The number of halogens is 1. The lowest BCUT2D eigenvalue weighted by atomic mass is 10.1. The number of benzene rings is 1. The van der Waals surface area contributed by atoms with Crippen molar-refractivity contribution in [1.82, 2.24) is 10.1 Å². The van der Waals surface area contributed by atoms with E-state index < -0.39 is 0 Å². The Balaban J connectivity index is 1.79. The first-order valence-corrected chi connectivity index (χ1v) is 6.93. The molecule has 3 rings (SSSR count). The standard InChI is InChI=1S/C14H14ClN3O2/c1-2-12-16-14(20-17-12)9-7-13(19)18(8-9)11-5-3-10(15)4-6-11/h3-6,9H,2,7-8H2,1H3. The van der Waals surface area contributed by atoms with Gasteiger partial charge in [-0.25, -0.2) is 0 Å². The van der Waals surface area contributed by atoms with Crippen LogP contribution in [0.2, 0.25) is 5.02 Å². The number of amides is 1. The summed E-state index contributed by atoms with van der Waals surface area (Å²) in [6.07, 6.45) is 1.12. The minimum absolute atomic E-state index is 0.0361. The molecule has 2 heterocycles. The van der Waals surface area contributed by atoms with E-state index in [2.05, 4.69) is 10.1 Å². The fraction of sp³-hybridized carbons (Fsp3) is 0.357. The number of hydrogen-bond acceptors (Lipinski definition) is 4. The van der Waals surface area contributed by atoms with Crippen LogP contribution in [0, 0.1) is 0 Å². The molecule has 1 aromatic heterocycles. The van der Waals surface area contributed by atoms with Gasteiger partial charge in [0.2, 0.25) is 11.8 Å². The van der Waals surface area contributed by atoms with Crippen molar-refractivity contribution in [2.75, 3.05) is 11.4 Å². The number of carbonyl (C=O) groups excluding carboxylic acids is 1. The topological polar surface area (TPSA) is 59.2 Å². The Labute approximate surface area is 121 Å². The highest BCUT2D eigenvalue weighted by Gasteiger charge is 2.34. The van der Waals surface area contributed by atoms with Crippen molar-refractivity contribution in [3.05, 3.63) is 41.0 Å². The third kappa shape index (κ3) is 2.41. The molecule has 0 N–H and O–H groups in total. The molecule has 104 valence electrons. The maximum atomic E-state index is 12.1. The molecule has 0 bridgehead atoms. The second kappa shape index (κ2) is 5.25. The lowest BCUT2D eigenvalue weighted by Crippen LogP contribution is -2.24. The first-order valence-electron chi connectivity index (χ1n) is 6.55. The molecule has 1 aliphatic rings. The van der Waals surface area contributed by atoms with Gasteiger partial charge in [0.1, 0.15) is 0 Å². The van der Waals surface area contributed by atoms with Crippen LogP contribution in [0.15, 0.2) is 28.8 Å². The van der Waals surface area contributed by atoms with Crippen LogP contribution in [0.1, 0.15) is 31.0 Å². The summed E-state index contributed by atoms with van der Waals surface area (Å²) >= 11 is 5.86. The largest absolute Gasteiger partial charge is 0.339 e. The fourth-order valence-corrected chi connectivity index (χ4v) is 2.45. The summed E-state index contributed by atoms with van der Waals surface area (Å²) in [6, 6.07) is 7.24. The Morgan fingerprint density at radius 2 is 2.15 bits per heavy atom. The third-order valence-corrected chi connectivity index (χ3v) is 3.66. The highest BCUT2D eigenvalue weighted by atomic mass is 35.5. The van der Waals surface area contributed by atoms with Crippen LogP contribution < -0.4 is 4.90 Å². The molecule has 1 atom stereocenters. The summed E-state index contributed by atoms with van der Waals surface area (Å²) in [7, 11) is 0. The molecule has 0 spiro atoms. The van der Waals surface area contributed by atoms with Gasteiger partial charge >= 0.3 is 0 Å². The van der Waals surface area contributed by atoms with E-state index in [1.807, 2.05) is 19.1 Å². The van der Waals surface area contributed by atoms with Gasteiger partial charge in [-0.15, -0.1) is 0 Å². The molecule has 20 heavy (non-hydrogen) atoms. The van der Waals surface area contributed by atoms with E-state index >= 15 is 0 Å². The van der Waals surface area contributed by atoms with E-state index in [1.54, 1.807) is 17.0 Å². The fourth-order valence-electron chi connectivity index (χ4n) is 2.32. The van der Waals surface area contributed by atoms with Gasteiger partial charge in [0.25, 0.3) is 0 Å². The summed E-state index contributed by atoms with van der Waals surface area (Å²) < 4.78 is 5.23. The summed E-state index contributed by atoms with van der Waals surface area (Å²) in [5.41, 5.74) is 0.845. The maximum absolute atomic E-state index is 12.1. The Hall–Kier alpha value is -1.88. The van der Waals surface area contributed by atoms with Crippen molar-refractivity contribution in [3.63, 3.8) is 0 Å². The van der Waals surface area contributed by atoms with Gasteiger partial charge in [-0.1, -0.05) is 23.7 Å². The van der Waals surface area contributed by atoms with E-state index in [0.29, 0.717) is 29.7 Å². The summed E-state index contributed by atoms with van der Waals surface area (Å²) in [6.45, 7) is 2.53. The highest BCUT2D eigenvalue weighted by molar-refractivity contribution is 6.30. The second-order valence-electron chi connectivity index (χ2n) is 4.78. The Kier molecular flexibility index (Phi) is 3.44. The second-order valence-corrected chi connectivity index (χ2v) is 5.22. The van der Waals surface area contributed by atoms with Gasteiger partial charge in [0.05, 0.1) is 5.92 Å². The smallest absolute Gasteiger partial charge is 0.232 e. The lowest BCUT2D eigenvalue weighted by Gasteiger charge is -2.15. The molecule has 6 heteroatoms. The van der Waals surface area contributed by atoms with Crippen LogP contribution in [-0.2, 0) is 11.2 Å². The molecule has 1 aliphatic heterocycles. The van der Waals surface area contributed by atoms with E-state index in [4.69, 9.17) is 16.1 Å². The van der Waals surface area contributed by atoms with Crippen LogP contribution in [0.3, 0.4) is 0 Å². The van der Waals surface area contributed by atoms with Crippen LogP contribution in [0.5, 0.6) is 0 Å². The normalized spacial score (nSPS) is 18.8. The van der Waals surface area contributed by atoms with Crippen molar-refractivity contribution < 1.29 is 9.32 Å². The van der Waals surface area contributed by atoms with Crippen molar-refractivity contribution in [1.29, 1.82) is 0 Å². The zero-order valence-corrected chi connectivity index (χ0v) is 11.8. The van der Waals surface area contributed by atoms with Crippen molar-refractivity contribution in [3.8, 4) is 0 Å². The zero-order chi connectivity index (χ0) is 14.1. The number of aromatic nitrogens is 2. The molecular weight excluding hydrogens is 278 g/mol. The minimum Gasteiger partial charge on any atom is -0.339 e. The molecule has 1 saturated heterocycles. The van der Waals surface area contributed by atoms with Crippen LogP contribution in [0.25, 0.3) is 0 Å². The van der Waals surface area contributed by atoms with Gasteiger partial charge in [0.15, 0.2) is 5.82 Å². The van der Waals surface area contributed by atoms with Crippen LogP contribution in [-0.4, -0.2) is 22.6 Å². The first-order chi connectivity index (χ1) is 9.67. The van der Waals surface area contributed by atoms with Crippen molar-refractivity contribution in [2.24, 2.45) is 0 Å². The highest BCUT2D eigenvalue weighted by Crippen LogP contribution is 2.31. The summed E-state index contributed by atoms with van der Waals surface area (Å²) in [5.74, 6) is 1.25. The Morgan fingerprint density at radius 3 is 2.80 bits per heavy atom. The number of hydrogen-bond donors (Lipinski definition) is 0. The number of carbonyl (C=O) groups is 1. The van der Waals surface area contributed by atoms with E-state index in [-0.39, 0.29) is 11.8 Å². The summed E-state index contributed by atoms with van der Waals surface area (Å²) in [4.78, 5) is 18.2. The third-order valence-electron chi connectivity index (χ3n) is 3.41. The number of rotatable bonds is 3. The average molecular weight is 292 g/mol. The van der Waals surface area contributed by atoms with E-state index in [0.717, 1.165) is 12.1 Å². The predicted molar refractivity (Wildman–Crippen MR) is 74.8 cm³/mol. The molecule has 2 aromatic rings. The molecule has 1 amide bonds. The van der Waals surface area contributed by atoms with Crippen LogP contribution in [0.4, 0.5) is 5.69 Å². The van der Waals surface area contributed by atoms with Gasteiger partial charge in [0, 0.05) is 30.1 Å². The number of aryl methyl sites for hydroxylation is 1. The molecule has 0 aliphatic carbocycles. The molecule has 0 saturated carbocycles. The molecule has 0 radical (unpaired) electrons. The van der Waals surface area contributed by atoms with E-state index in [1.165, 1.54) is 0 Å². The minimum atomic E-state index is -0.0361. The molecular formula is C14H14ClN3O2. The van der Waals surface area contributed by atoms with E-state index in [9.17, 15) is 4.79 Å². The summed E-state index contributed by atoms with van der Waals surface area (Å²) in [5, 5.41) is 4.53. The molecule has 5 nitrogen and oxygen atoms in total. The number of nitrogens with zero attached hydrogens (tertiary/aromatic N) is 3. The SMILES string of the molecule is CCc1noc(C2CC(=O)N(c3ccc(Cl)cc3)C2)n1. The quantitative estimate of drug-likeness (QED) is 0.872. The Morgan fingerprint density at radius 1 is 1.40 bits per heavy atom. The molecule has 1 fully saturated rings. The van der Waals surface area contributed by atoms with Gasteiger partial charge in [-0.3, -0.25) is 4.79 Å². The zero-order valence-electron chi connectivity index (χ0n) is 11.0. The number of anilines is 1. The molecule has 1 unspecified atom stereocenters. The van der Waals surface area contributed by atoms with Crippen molar-refractivity contribution >= 4 is 23.2 Å². The predicted octanol–water partition coefficient (Wildman–Crippen LogP) is 2.81. The van der Waals surface area contributed by atoms with Crippen molar-refractivity contribution in [2.45, 2.75) is 25.7 Å². The van der Waals surface area contributed by atoms with Gasteiger partial charge in [-0.05, 0) is 24.3 Å². The van der Waals surface area contributed by atoms with Gasteiger partial charge < -0.3 is 9.42 Å².